The SMILES string of the molecule is O=C(Cc1ccc(CO[N+](=O)[O-])cc1)N1CCN=C1Nc1c(Cl)cccc1Cl. The number of nitrogens with zero attached hydrogens (tertiary/aromatic N) is 3. The fraction of sp³-hybridized carbons (Fsp3) is 0.222. The number of halogens is 2. The fourth-order valence-corrected chi connectivity index (χ4v) is 3.17. The molecule has 0 aliphatic carbocycles. The third kappa shape index (κ3) is 4.90. The van der Waals surface area contributed by atoms with Gasteiger partial charge in [0.1, 0.15) is 6.61 Å². The van der Waals surface area contributed by atoms with Gasteiger partial charge in [0, 0.05) is 6.54 Å². The highest BCUT2D eigenvalue weighted by molar-refractivity contribution is 6.39. The summed E-state index contributed by atoms with van der Waals surface area (Å²) in [5, 5.41) is 13.3. The Morgan fingerprint density at radius 2 is 1.82 bits per heavy atom. The highest BCUT2D eigenvalue weighted by atomic mass is 35.5. The number of para-hydroxylation sites is 1. The molecule has 0 spiro atoms. The molecule has 0 fully saturated rings. The second-order valence-corrected chi connectivity index (χ2v) is 6.78. The summed E-state index contributed by atoms with van der Waals surface area (Å²) in [4.78, 5) is 33.1. The largest absolute Gasteiger partial charge is 0.323 e. The third-order valence-corrected chi connectivity index (χ3v) is 4.69. The fourth-order valence-electron chi connectivity index (χ4n) is 2.68. The number of hydrogen-bond donors (Lipinski definition) is 1. The van der Waals surface area contributed by atoms with E-state index in [0.29, 0.717) is 40.3 Å². The van der Waals surface area contributed by atoms with E-state index in [1.165, 1.54) is 0 Å². The van der Waals surface area contributed by atoms with Crippen molar-refractivity contribution in [3.63, 3.8) is 0 Å². The van der Waals surface area contributed by atoms with Gasteiger partial charge < -0.3 is 10.2 Å². The Kier molecular flexibility index (Phi) is 6.33. The van der Waals surface area contributed by atoms with Crippen LogP contribution in [0.5, 0.6) is 0 Å². The summed E-state index contributed by atoms with van der Waals surface area (Å²) in [5.41, 5.74) is 1.92. The average molecular weight is 423 g/mol. The molecule has 0 aromatic heterocycles. The summed E-state index contributed by atoms with van der Waals surface area (Å²) in [7, 11) is 0. The van der Waals surface area contributed by atoms with E-state index in [9.17, 15) is 14.9 Å². The van der Waals surface area contributed by atoms with Gasteiger partial charge in [-0.1, -0.05) is 53.5 Å². The first kappa shape index (κ1) is 19.9. The van der Waals surface area contributed by atoms with Crippen molar-refractivity contribution in [1.29, 1.82) is 0 Å². The Morgan fingerprint density at radius 1 is 1.18 bits per heavy atom. The molecule has 1 heterocycles. The molecule has 0 saturated heterocycles. The van der Waals surface area contributed by atoms with Gasteiger partial charge in [-0.25, -0.2) is 0 Å². The van der Waals surface area contributed by atoms with Gasteiger partial charge in [-0.15, -0.1) is 10.1 Å². The second-order valence-electron chi connectivity index (χ2n) is 5.96. The van der Waals surface area contributed by atoms with Gasteiger partial charge in [0.05, 0.1) is 28.7 Å². The molecular formula is C18H16Cl2N4O4. The Balaban J connectivity index is 1.64. The molecule has 0 radical (unpaired) electrons. The maximum atomic E-state index is 12.7. The average Bonchev–Trinajstić information content (AvgIpc) is 3.12. The van der Waals surface area contributed by atoms with Crippen molar-refractivity contribution < 1.29 is 14.7 Å². The third-order valence-electron chi connectivity index (χ3n) is 4.06. The maximum Gasteiger partial charge on any atom is 0.294 e. The molecule has 1 aliphatic rings. The number of benzene rings is 2. The summed E-state index contributed by atoms with van der Waals surface area (Å²) in [6.45, 7) is 0.804. The molecule has 10 heteroatoms. The molecule has 3 rings (SSSR count). The quantitative estimate of drug-likeness (QED) is 0.566. The van der Waals surface area contributed by atoms with Crippen molar-refractivity contribution in [3.8, 4) is 0 Å². The lowest BCUT2D eigenvalue weighted by Crippen LogP contribution is -2.39. The number of anilines is 1. The summed E-state index contributed by atoms with van der Waals surface area (Å²) in [6, 6.07) is 12.0. The van der Waals surface area contributed by atoms with Crippen LogP contribution in [0.1, 0.15) is 11.1 Å². The minimum atomic E-state index is -0.843. The molecule has 8 nitrogen and oxygen atoms in total. The molecule has 2 aromatic carbocycles. The van der Waals surface area contributed by atoms with Crippen LogP contribution in [0, 0.1) is 10.1 Å². The topological polar surface area (TPSA) is 97.1 Å². The van der Waals surface area contributed by atoms with Crippen LogP contribution >= 0.6 is 23.2 Å². The first-order valence-corrected chi connectivity index (χ1v) is 9.10. The minimum Gasteiger partial charge on any atom is -0.323 e. The summed E-state index contributed by atoms with van der Waals surface area (Å²) >= 11 is 12.3. The van der Waals surface area contributed by atoms with E-state index < -0.39 is 5.09 Å². The molecule has 146 valence electrons. The van der Waals surface area contributed by atoms with Gasteiger partial charge in [-0.05, 0) is 23.3 Å². The Labute approximate surface area is 170 Å². The molecular weight excluding hydrogens is 407 g/mol. The highest BCUT2D eigenvalue weighted by Gasteiger charge is 2.25. The van der Waals surface area contributed by atoms with E-state index in [4.69, 9.17) is 23.2 Å². The van der Waals surface area contributed by atoms with E-state index in [-0.39, 0.29) is 18.9 Å². The molecule has 0 unspecified atom stereocenters. The summed E-state index contributed by atoms with van der Waals surface area (Å²) in [6.07, 6.45) is 0.160. The molecule has 28 heavy (non-hydrogen) atoms. The molecule has 1 aliphatic heterocycles. The zero-order chi connectivity index (χ0) is 20.1. The monoisotopic (exact) mass is 422 g/mol. The summed E-state index contributed by atoms with van der Waals surface area (Å²) in [5.74, 6) is 0.261. The molecule has 0 saturated carbocycles. The van der Waals surface area contributed by atoms with Crippen molar-refractivity contribution in [3.05, 3.63) is 73.8 Å². The number of amides is 1. The van der Waals surface area contributed by atoms with Crippen molar-refractivity contribution in [2.45, 2.75) is 13.0 Å². The van der Waals surface area contributed by atoms with Crippen LogP contribution in [0.15, 0.2) is 47.5 Å². The van der Waals surface area contributed by atoms with Crippen LogP contribution in [0.2, 0.25) is 10.0 Å². The van der Waals surface area contributed by atoms with Crippen LogP contribution in [-0.2, 0) is 22.7 Å². The number of hydrogen-bond acceptors (Lipinski definition) is 6. The van der Waals surface area contributed by atoms with E-state index in [0.717, 1.165) is 5.56 Å². The number of carbonyl (C=O) groups is 1. The van der Waals surface area contributed by atoms with Gasteiger partial charge in [0.2, 0.25) is 11.9 Å². The number of nitrogens with one attached hydrogen (secondary N) is 1. The summed E-state index contributed by atoms with van der Waals surface area (Å²) < 4.78 is 0. The molecule has 0 atom stereocenters. The zero-order valence-corrected chi connectivity index (χ0v) is 16.1. The first-order chi connectivity index (χ1) is 13.4. The Morgan fingerprint density at radius 3 is 2.46 bits per heavy atom. The van der Waals surface area contributed by atoms with Gasteiger partial charge in [0.15, 0.2) is 0 Å². The first-order valence-electron chi connectivity index (χ1n) is 8.35. The lowest BCUT2D eigenvalue weighted by Gasteiger charge is -2.20. The van der Waals surface area contributed by atoms with Crippen LogP contribution in [-0.4, -0.2) is 34.9 Å². The Bertz CT molecular complexity index is 898. The predicted octanol–water partition coefficient (Wildman–Crippen LogP) is 3.55. The molecule has 2 aromatic rings. The molecule has 1 N–H and O–H groups in total. The van der Waals surface area contributed by atoms with Crippen LogP contribution in [0.3, 0.4) is 0 Å². The maximum absolute atomic E-state index is 12.7. The number of aliphatic imine (C=N–C) groups is 1. The van der Waals surface area contributed by atoms with E-state index >= 15 is 0 Å². The van der Waals surface area contributed by atoms with Crippen molar-refractivity contribution in [2.24, 2.45) is 4.99 Å². The molecule has 0 bridgehead atoms. The normalized spacial score (nSPS) is 13.2. The second kappa shape index (κ2) is 8.90. The van der Waals surface area contributed by atoms with Crippen molar-refractivity contribution in [2.75, 3.05) is 18.4 Å². The number of rotatable bonds is 6. The van der Waals surface area contributed by atoms with Crippen molar-refractivity contribution in [1.82, 2.24) is 4.90 Å². The van der Waals surface area contributed by atoms with Gasteiger partial charge >= 0.3 is 0 Å². The van der Waals surface area contributed by atoms with Crippen molar-refractivity contribution >= 4 is 40.8 Å². The van der Waals surface area contributed by atoms with Gasteiger partial charge in [-0.2, -0.15) is 0 Å². The zero-order valence-electron chi connectivity index (χ0n) is 14.6. The minimum absolute atomic E-state index is 0.132. The van der Waals surface area contributed by atoms with Gasteiger partial charge in [-0.3, -0.25) is 14.7 Å². The standard InChI is InChI=1S/C18H16Cl2N4O4/c19-14-2-1-3-15(20)17(14)22-18-21-8-9-23(18)16(25)10-12-4-6-13(7-5-12)11-28-24(26)27/h1-7H,8-11H2,(H,21,22). The molecule has 1 amide bonds. The predicted molar refractivity (Wildman–Crippen MR) is 106 cm³/mol. The van der Waals surface area contributed by atoms with Crippen LogP contribution in [0.25, 0.3) is 0 Å². The van der Waals surface area contributed by atoms with E-state index in [1.807, 2.05) is 0 Å². The number of guanidine groups is 1. The number of carbonyl (C=O) groups excluding carboxylic acids is 1. The smallest absolute Gasteiger partial charge is 0.294 e. The Hall–Kier alpha value is -2.84. The highest BCUT2D eigenvalue weighted by Crippen LogP contribution is 2.30. The van der Waals surface area contributed by atoms with E-state index in [1.54, 1.807) is 47.4 Å². The van der Waals surface area contributed by atoms with Gasteiger partial charge in [0.25, 0.3) is 5.09 Å². The van der Waals surface area contributed by atoms with Crippen LogP contribution < -0.4 is 5.32 Å². The lowest BCUT2D eigenvalue weighted by molar-refractivity contribution is -0.763. The lowest BCUT2D eigenvalue weighted by atomic mass is 10.1. The van der Waals surface area contributed by atoms with Crippen LogP contribution in [0.4, 0.5) is 5.69 Å². The van der Waals surface area contributed by atoms with E-state index in [2.05, 4.69) is 15.1 Å².